The van der Waals surface area contributed by atoms with Crippen LogP contribution in [-0.4, -0.2) is 17.2 Å². The smallest absolute Gasteiger partial charge is 0.240 e. The van der Waals surface area contributed by atoms with Gasteiger partial charge in [0.25, 0.3) is 0 Å². The summed E-state index contributed by atoms with van der Waals surface area (Å²) in [6.45, 7) is 4.12. The van der Waals surface area contributed by atoms with Crippen molar-refractivity contribution in [2.75, 3.05) is 4.90 Å². The van der Waals surface area contributed by atoms with Crippen molar-refractivity contribution >= 4 is 23.4 Å². The fraction of sp³-hybridized carbons (Fsp3) is 0.278. The second kappa shape index (κ2) is 5.94. The summed E-state index contributed by atoms with van der Waals surface area (Å²) in [5, 5.41) is -0.0824. The second-order valence-electron chi connectivity index (χ2n) is 5.46. The highest BCUT2D eigenvalue weighted by molar-refractivity contribution is 8.00. The molecule has 0 aromatic heterocycles. The molecule has 0 saturated carbocycles. The molecular weight excluding hydrogens is 278 g/mol. The largest absolute Gasteiger partial charge is 0.308 e. The number of thioether (sulfide) groups is 1. The molecular formula is C18H19NOS. The van der Waals surface area contributed by atoms with Crippen molar-refractivity contribution in [3.63, 3.8) is 0 Å². The second-order valence-corrected chi connectivity index (χ2v) is 6.88. The minimum Gasteiger partial charge on any atom is -0.308 e. The van der Waals surface area contributed by atoms with Crippen LogP contribution in [0.2, 0.25) is 0 Å². The molecule has 0 N–H and O–H groups in total. The number of benzene rings is 2. The number of carbonyl (C=O) groups excluding carboxylic acids is 1. The molecule has 108 valence electrons. The van der Waals surface area contributed by atoms with Gasteiger partial charge < -0.3 is 4.90 Å². The highest BCUT2D eigenvalue weighted by Crippen LogP contribution is 2.34. The van der Waals surface area contributed by atoms with E-state index in [2.05, 4.69) is 31.2 Å². The molecule has 3 rings (SSSR count). The molecule has 0 unspecified atom stereocenters. The number of nitrogens with zero attached hydrogens (tertiary/aromatic N) is 1. The number of fused-ring (bicyclic) bond motifs is 1. The lowest BCUT2D eigenvalue weighted by Crippen LogP contribution is -2.40. The van der Waals surface area contributed by atoms with E-state index in [1.807, 2.05) is 42.2 Å². The zero-order chi connectivity index (χ0) is 14.8. The van der Waals surface area contributed by atoms with Crippen LogP contribution in [0.3, 0.4) is 0 Å². The Morgan fingerprint density at radius 3 is 2.57 bits per heavy atom. The van der Waals surface area contributed by atoms with Gasteiger partial charge in [0.2, 0.25) is 5.91 Å². The van der Waals surface area contributed by atoms with Crippen LogP contribution in [0, 0.1) is 0 Å². The van der Waals surface area contributed by atoms with Crippen molar-refractivity contribution in [3.05, 3.63) is 60.2 Å². The van der Waals surface area contributed by atoms with Crippen molar-refractivity contribution in [2.24, 2.45) is 0 Å². The van der Waals surface area contributed by atoms with Crippen LogP contribution in [0.25, 0.3) is 0 Å². The van der Waals surface area contributed by atoms with Gasteiger partial charge >= 0.3 is 0 Å². The number of amides is 1. The minimum absolute atomic E-state index is 0.0824. The summed E-state index contributed by atoms with van der Waals surface area (Å²) >= 11 is 1.62. The first-order valence-corrected chi connectivity index (χ1v) is 8.17. The van der Waals surface area contributed by atoms with Crippen LogP contribution < -0.4 is 4.90 Å². The summed E-state index contributed by atoms with van der Waals surface area (Å²) < 4.78 is 0. The average Bonchev–Trinajstić information content (AvgIpc) is 2.83. The Balaban J connectivity index is 1.79. The number of rotatable bonds is 3. The lowest BCUT2D eigenvalue weighted by atomic mass is 10.1. The van der Waals surface area contributed by atoms with Gasteiger partial charge in [-0.2, -0.15) is 0 Å². The average molecular weight is 297 g/mol. The Bertz CT molecular complexity index is 641. The molecule has 21 heavy (non-hydrogen) atoms. The van der Waals surface area contributed by atoms with Gasteiger partial charge in [-0.25, -0.2) is 0 Å². The fourth-order valence-electron chi connectivity index (χ4n) is 2.85. The SMILES string of the molecule is C[C@H](Sc1ccccc1)C(=O)N1c2ccccc2C[C@H]1C. The van der Waals surface area contributed by atoms with E-state index in [0.717, 1.165) is 17.0 Å². The van der Waals surface area contributed by atoms with E-state index in [0.29, 0.717) is 0 Å². The molecule has 3 heteroatoms. The molecule has 0 aliphatic carbocycles. The van der Waals surface area contributed by atoms with E-state index in [1.54, 1.807) is 11.8 Å². The van der Waals surface area contributed by atoms with E-state index >= 15 is 0 Å². The minimum atomic E-state index is -0.0824. The standard InChI is InChI=1S/C18H19NOS/c1-13-12-15-8-6-7-11-17(15)19(13)18(20)14(2)21-16-9-4-3-5-10-16/h3-11,13-14H,12H2,1-2H3/t13-,14+/m1/s1. The quantitative estimate of drug-likeness (QED) is 0.793. The Kier molecular flexibility index (Phi) is 4.02. The zero-order valence-electron chi connectivity index (χ0n) is 12.3. The maximum atomic E-state index is 12.8. The Morgan fingerprint density at radius 1 is 1.14 bits per heavy atom. The van der Waals surface area contributed by atoms with E-state index in [1.165, 1.54) is 5.56 Å². The molecule has 1 heterocycles. The van der Waals surface area contributed by atoms with Crippen molar-refractivity contribution in [1.82, 2.24) is 0 Å². The number of carbonyl (C=O) groups is 1. The van der Waals surface area contributed by atoms with Crippen LogP contribution in [0.1, 0.15) is 19.4 Å². The van der Waals surface area contributed by atoms with Gasteiger partial charge in [0, 0.05) is 16.6 Å². The van der Waals surface area contributed by atoms with Crippen LogP contribution >= 0.6 is 11.8 Å². The number of hydrogen-bond donors (Lipinski definition) is 0. The van der Waals surface area contributed by atoms with Gasteiger partial charge in [0.1, 0.15) is 0 Å². The van der Waals surface area contributed by atoms with Crippen molar-refractivity contribution in [3.8, 4) is 0 Å². The summed E-state index contributed by atoms with van der Waals surface area (Å²) in [4.78, 5) is 15.9. The predicted molar refractivity (Wildman–Crippen MR) is 88.9 cm³/mol. The molecule has 2 aromatic carbocycles. The van der Waals surface area contributed by atoms with Crippen LogP contribution in [-0.2, 0) is 11.2 Å². The third-order valence-electron chi connectivity index (χ3n) is 3.85. The first-order chi connectivity index (χ1) is 10.2. The Labute approximate surface area is 130 Å². The summed E-state index contributed by atoms with van der Waals surface area (Å²) in [5.41, 5.74) is 2.35. The fourth-order valence-corrected chi connectivity index (χ4v) is 3.79. The molecule has 1 amide bonds. The van der Waals surface area contributed by atoms with Crippen molar-refractivity contribution in [1.29, 1.82) is 0 Å². The topological polar surface area (TPSA) is 20.3 Å². The molecule has 2 aromatic rings. The normalized spacial score (nSPS) is 18.4. The summed E-state index contributed by atoms with van der Waals surface area (Å²) in [6.07, 6.45) is 0.949. The van der Waals surface area contributed by atoms with E-state index in [9.17, 15) is 4.79 Å². The summed E-state index contributed by atoms with van der Waals surface area (Å²) in [5.74, 6) is 0.196. The number of para-hydroxylation sites is 1. The van der Waals surface area contributed by atoms with Crippen molar-refractivity contribution in [2.45, 2.75) is 36.5 Å². The van der Waals surface area contributed by atoms with Gasteiger partial charge in [-0.1, -0.05) is 36.4 Å². The molecule has 0 fully saturated rings. The van der Waals surface area contributed by atoms with Crippen LogP contribution in [0.5, 0.6) is 0 Å². The number of hydrogen-bond acceptors (Lipinski definition) is 2. The van der Waals surface area contributed by atoms with Gasteiger partial charge in [-0.15, -0.1) is 11.8 Å². The highest BCUT2D eigenvalue weighted by Gasteiger charge is 2.33. The summed E-state index contributed by atoms with van der Waals surface area (Å²) in [7, 11) is 0. The molecule has 1 aliphatic heterocycles. The van der Waals surface area contributed by atoms with Gasteiger partial charge in [0.05, 0.1) is 5.25 Å². The van der Waals surface area contributed by atoms with Gasteiger partial charge in [0.15, 0.2) is 0 Å². The maximum absolute atomic E-state index is 12.8. The summed E-state index contributed by atoms with van der Waals surface area (Å²) in [6, 6.07) is 18.6. The predicted octanol–water partition coefficient (Wildman–Crippen LogP) is 4.15. The first-order valence-electron chi connectivity index (χ1n) is 7.29. The van der Waals surface area contributed by atoms with Gasteiger partial charge in [-0.05, 0) is 44.0 Å². The van der Waals surface area contributed by atoms with Crippen molar-refractivity contribution < 1.29 is 4.79 Å². The van der Waals surface area contributed by atoms with Crippen LogP contribution in [0.15, 0.2) is 59.5 Å². The Morgan fingerprint density at radius 2 is 1.81 bits per heavy atom. The van der Waals surface area contributed by atoms with E-state index in [4.69, 9.17) is 0 Å². The third-order valence-corrected chi connectivity index (χ3v) is 4.95. The molecule has 0 bridgehead atoms. The first kappa shape index (κ1) is 14.2. The molecule has 0 spiro atoms. The zero-order valence-corrected chi connectivity index (χ0v) is 13.1. The van der Waals surface area contributed by atoms with E-state index in [-0.39, 0.29) is 17.2 Å². The highest BCUT2D eigenvalue weighted by atomic mass is 32.2. The lowest BCUT2D eigenvalue weighted by molar-refractivity contribution is -0.118. The number of anilines is 1. The molecule has 0 radical (unpaired) electrons. The molecule has 2 atom stereocenters. The van der Waals surface area contributed by atoms with E-state index < -0.39 is 0 Å². The molecule has 0 saturated heterocycles. The lowest BCUT2D eigenvalue weighted by Gasteiger charge is -2.25. The van der Waals surface area contributed by atoms with Crippen LogP contribution in [0.4, 0.5) is 5.69 Å². The Hall–Kier alpha value is -1.74. The molecule has 2 nitrogen and oxygen atoms in total. The van der Waals surface area contributed by atoms with Gasteiger partial charge in [-0.3, -0.25) is 4.79 Å². The molecule has 1 aliphatic rings. The maximum Gasteiger partial charge on any atom is 0.240 e. The third kappa shape index (κ3) is 2.84. The monoisotopic (exact) mass is 297 g/mol.